The van der Waals surface area contributed by atoms with E-state index < -0.39 is 0 Å². The zero-order chi connectivity index (χ0) is 10.8. The number of carbonyl (C=O) groups excluding carboxylic acids is 1. The van der Waals surface area contributed by atoms with Gasteiger partial charge in [-0.2, -0.15) is 0 Å². The van der Waals surface area contributed by atoms with E-state index in [-0.39, 0.29) is 6.03 Å². The van der Waals surface area contributed by atoms with Gasteiger partial charge in [-0.25, -0.2) is 4.79 Å². The lowest BCUT2D eigenvalue weighted by atomic mass is 10.2. The molecule has 0 spiro atoms. The maximum Gasteiger partial charge on any atom is 0.320 e. The van der Waals surface area contributed by atoms with E-state index >= 15 is 0 Å². The van der Waals surface area contributed by atoms with Crippen molar-refractivity contribution in [3.05, 3.63) is 34.3 Å². The molecule has 0 bridgehead atoms. The van der Waals surface area contributed by atoms with E-state index in [2.05, 4.69) is 15.9 Å². The van der Waals surface area contributed by atoms with Gasteiger partial charge in [-0.15, -0.1) is 0 Å². The Labute approximate surface area is 97.8 Å². The first-order valence-corrected chi connectivity index (χ1v) is 5.70. The van der Waals surface area contributed by atoms with E-state index in [1.54, 1.807) is 4.90 Å². The van der Waals surface area contributed by atoms with Crippen LogP contribution < -0.4 is 0 Å². The summed E-state index contributed by atoms with van der Waals surface area (Å²) in [4.78, 5) is 15.2. The van der Waals surface area contributed by atoms with Gasteiger partial charge in [-0.1, -0.05) is 28.1 Å². The van der Waals surface area contributed by atoms with Crippen LogP contribution in [0.15, 0.2) is 28.7 Å². The Balaban J connectivity index is 2.06. The summed E-state index contributed by atoms with van der Waals surface area (Å²) in [6.45, 7) is 2.34. The van der Waals surface area contributed by atoms with E-state index in [9.17, 15) is 4.79 Å². The van der Waals surface area contributed by atoms with E-state index in [0.717, 1.165) is 23.1 Å². The molecule has 80 valence electrons. The van der Waals surface area contributed by atoms with Crippen LogP contribution in [0, 0.1) is 0 Å². The quantitative estimate of drug-likeness (QED) is 0.808. The second-order valence-corrected chi connectivity index (χ2v) is 4.67. The van der Waals surface area contributed by atoms with Crippen LogP contribution in [0.3, 0.4) is 0 Å². The number of benzene rings is 1. The van der Waals surface area contributed by atoms with Crippen molar-refractivity contribution in [2.24, 2.45) is 0 Å². The second-order valence-electron chi connectivity index (χ2n) is 3.76. The average Bonchev–Trinajstić information content (AvgIpc) is 2.50. The number of amides is 2. The highest BCUT2D eigenvalue weighted by Gasteiger charge is 2.24. The molecule has 4 heteroatoms. The highest BCUT2D eigenvalue weighted by atomic mass is 79.9. The number of hydrogen-bond acceptors (Lipinski definition) is 1. The Hall–Kier alpha value is -1.03. The van der Waals surface area contributed by atoms with Gasteiger partial charge in [-0.05, 0) is 17.7 Å². The van der Waals surface area contributed by atoms with Crippen molar-refractivity contribution in [3.8, 4) is 0 Å². The smallest absolute Gasteiger partial charge is 0.320 e. The monoisotopic (exact) mass is 268 g/mol. The SMILES string of the molecule is CN1CCN(Cc2cccc(Br)c2)C1=O. The lowest BCUT2D eigenvalue weighted by Gasteiger charge is -2.15. The minimum Gasteiger partial charge on any atom is -0.326 e. The first kappa shape index (κ1) is 10.5. The predicted molar refractivity (Wildman–Crippen MR) is 62.6 cm³/mol. The van der Waals surface area contributed by atoms with Crippen molar-refractivity contribution < 1.29 is 4.79 Å². The van der Waals surface area contributed by atoms with Gasteiger partial charge in [0.15, 0.2) is 0 Å². The van der Waals surface area contributed by atoms with Crippen molar-refractivity contribution in [2.45, 2.75) is 6.54 Å². The van der Waals surface area contributed by atoms with E-state index in [0.29, 0.717) is 6.54 Å². The Morgan fingerprint density at radius 3 is 2.80 bits per heavy atom. The summed E-state index contributed by atoms with van der Waals surface area (Å²) in [7, 11) is 1.84. The maximum atomic E-state index is 11.6. The Morgan fingerprint density at radius 1 is 1.40 bits per heavy atom. The summed E-state index contributed by atoms with van der Waals surface area (Å²) in [5.74, 6) is 0. The van der Waals surface area contributed by atoms with Gasteiger partial charge in [0.05, 0.1) is 0 Å². The van der Waals surface area contributed by atoms with Crippen LogP contribution in [-0.2, 0) is 6.54 Å². The minimum absolute atomic E-state index is 0.120. The molecule has 15 heavy (non-hydrogen) atoms. The molecule has 0 saturated carbocycles. The van der Waals surface area contributed by atoms with Crippen LogP contribution in [0.2, 0.25) is 0 Å². The van der Waals surface area contributed by atoms with Crippen molar-refractivity contribution in [2.75, 3.05) is 20.1 Å². The third-order valence-corrected chi connectivity index (χ3v) is 3.06. The van der Waals surface area contributed by atoms with E-state index in [1.165, 1.54) is 0 Å². The number of nitrogens with zero attached hydrogens (tertiary/aromatic N) is 2. The molecule has 3 nitrogen and oxygen atoms in total. The zero-order valence-electron chi connectivity index (χ0n) is 8.61. The maximum absolute atomic E-state index is 11.6. The molecule has 2 rings (SSSR count). The fraction of sp³-hybridized carbons (Fsp3) is 0.364. The van der Waals surface area contributed by atoms with Crippen LogP contribution in [0.4, 0.5) is 4.79 Å². The molecule has 1 heterocycles. The number of likely N-dealkylation sites (N-methyl/N-ethyl adjacent to an activating group) is 1. The molecule has 1 fully saturated rings. The van der Waals surface area contributed by atoms with Gasteiger partial charge in [0.1, 0.15) is 0 Å². The van der Waals surface area contributed by atoms with Gasteiger partial charge in [0, 0.05) is 31.2 Å². The second kappa shape index (κ2) is 4.23. The van der Waals surface area contributed by atoms with Crippen LogP contribution in [0.25, 0.3) is 0 Å². The molecule has 2 amide bonds. The van der Waals surface area contributed by atoms with Crippen molar-refractivity contribution in [1.82, 2.24) is 9.80 Å². The summed E-state index contributed by atoms with van der Waals surface area (Å²) in [5.41, 5.74) is 1.16. The molecule has 0 aliphatic carbocycles. The summed E-state index contributed by atoms with van der Waals surface area (Å²) in [6, 6.07) is 8.18. The van der Waals surface area contributed by atoms with Gasteiger partial charge >= 0.3 is 6.03 Å². The van der Waals surface area contributed by atoms with Gasteiger partial charge in [0.25, 0.3) is 0 Å². The first-order chi connectivity index (χ1) is 7.16. The first-order valence-electron chi connectivity index (χ1n) is 4.91. The lowest BCUT2D eigenvalue weighted by Crippen LogP contribution is -2.28. The zero-order valence-corrected chi connectivity index (χ0v) is 10.2. The third kappa shape index (κ3) is 2.31. The summed E-state index contributed by atoms with van der Waals surface area (Å²) in [5, 5.41) is 0. The fourth-order valence-electron chi connectivity index (χ4n) is 1.71. The average molecular weight is 269 g/mol. The van der Waals surface area contributed by atoms with Crippen LogP contribution in [0.5, 0.6) is 0 Å². The van der Waals surface area contributed by atoms with Gasteiger partial charge < -0.3 is 9.80 Å². The number of urea groups is 1. The largest absolute Gasteiger partial charge is 0.326 e. The molecule has 1 aliphatic rings. The summed E-state index contributed by atoms with van der Waals surface area (Å²) < 4.78 is 1.06. The Morgan fingerprint density at radius 2 is 2.20 bits per heavy atom. The molecule has 0 radical (unpaired) electrons. The minimum atomic E-state index is 0.120. The molecule has 0 atom stereocenters. The van der Waals surface area contributed by atoms with E-state index in [1.807, 2.05) is 36.2 Å². The highest BCUT2D eigenvalue weighted by Crippen LogP contribution is 2.15. The van der Waals surface area contributed by atoms with Crippen LogP contribution >= 0.6 is 15.9 Å². The molecule has 0 aromatic heterocycles. The highest BCUT2D eigenvalue weighted by molar-refractivity contribution is 9.10. The van der Waals surface area contributed by atoms with Crippen molar-refractivity contribution in [3.63, 3.8) is 0 Å². The summed E-state index contributed by atoms with van der Waals surface area (Å²) in [6.07, 6.45) is 0. The normalized spacial score (nSPS) is 16.3. The van der Waals surface area contributed by atoms with Crippen molar-refractivity contribution >= 4 is 22.0 Å². The molecular weight excluding hydrogens is 256 g/mol. The molecule has 0 unspecified atom stereocenters. The summed E-state index contributed by atoms with van der Waals surface area (Å²) >= 11 is 3.42. The van der Waals surface area contributed by atoms with Gasteiger partial charge in [0.2, 0.25) is 0 Å². The standard InChI is InChI=1S/C11H13BrN2O/c1-13-5-6-14(11(13)15)8-9-3-2-4-10(12)7-9/h2-4,7H,5-6,8H2,1H3. The fourth-order valence-corrected chi connectivity index (χ4v) is 2.15. The number of halogens is 1. The molecule has 1 saturated heterocycles. The molecule has 0 N–H and O–H groups in total. The predicted octanol–water partition coefficient (Wildman–Crippen LogP) is 2.32. The Bertz CT molecular complexity index is 381. The molecule has 1 aromatic carbocycles. The molecule has 1 aliphatic heterocycles. The molecule has 1 aromatic rings. The number of rotatable bonds is 2. The van der Waals surface area contributed by atoms with Crippen LogP contribution in [-0.4, -0.2) is 36.0 Å². The Kier molecular flexibility index (Phi) is 2.95. The number of carbonyl (C=O) groups is 1. The van der Waals surface area contributed by atoms with Crippen molar-refractivity contribution in [1.29, 1.82) is 0 Å². The van der Waals surface area contributed by atoms with Crippen LogP contribution in [0.1, 0.15) is 5.56 Å². The van der Waals surface area contributed by atoms with Gasteiger partial charge in [-0.3, -0.25) is 0 Å². The number of hydrogen-bond donors (Lipinski definition) is 0. The lowest BCUT2D eigenvalue weighted by molar-refractivity contribution is 0.197. The molecular formula is C11H13BrN2O. The van der Waals surface area contributed by atoms with E-state index in [4.69, 9.17) is 0 Å². The topological polar surface area (TPSA) is 23.6 Å². The third-order valence-electron chi connectivity index (χ3n) is 2.56.